The predicted molar refractivity (Wildman–Crippen MR) is 91.2 cm³/mol. The van der Waals surface area contributed by atoms with E-state index in [1.54, 1.807) is 12.1 Å². The Morgan fingerprint density at radius 1 is 1.30 bits per heavy atom. The topological polar surface area (TPSA) is 82.5 Å². The number of alkyl halides is 3. The van der Waals surface area contributed by atoms with Gasteiger partial charge in [-0.15, -0.1) is 0 Å². The summed E-state index contributed by atoms with van der Waals surface area (Å²) in [6, 6.07) is 6.65. The number of nitrogens with one attached hydrogen (secondary N) is 1. The van der Waals surface area contributed by atoms with Crippen LogP contribution in [0.25, 0.3) is 0 Å². The zero-order valence-corrected chi connectivity index (χ0v) is 14.2. The summed E-state index contributed by atoms with van der Waals surface area (Å²) in [7, 11) is 0. The first-order chi connectivity index (χ1) is 12.7. The van der Waals surface area contributed by atoms with Crippen molar-refractivity contribution in [2.45, 2.75) is 32.0 Å². The fourth-order valence-electron chi connectivity index (χ4n) is 2.95. The van der Waals surface area contributed by atoms with Crippen LogP contribution in [0.3, 0.4) is 0 Å². The molecule has 1 saturated heterocycles. The number of amides is 2. The minimum atomic E-state index is -4.60. The van der Waals surface area contributed by atoms with Gasteiger partial charge in [0.15, 0.2) is 0 Å². The summed E-state index contributed by atoms with van der Waals surface area (Å²) < 4.78 is 39.2. The lowest BCUT2D eigenvalue weighted by atomic mass is 10.1. The molecule has 1 aliphatic heterocycles. The fourth-order valence-corrected chi connectivity index (χ4v) is 2.95. The van der Waals surface area contributed by atoms with Gasteiger partial charge in [-0.2, -0.15) is 13.2 Å². The van der Waals surface area contributed by atoms with Gasteiger partial charge in [-0.25, -0.2) is 4.98 Å². The first-order valence-electron chi connectivity index (χ1n) is 8.13. The molecule has 0 aliphatic carbocycles. The van der Waals surface area contributed by atoms with E-state index < -0.39 is 29.6 Å². The molecule has 1 fully saturated rings. The summed E-state index contributed by atoms with van der Waals surface area (Å²) in [5.74, 6) is -1.48. The van der Waals surface area contributed by atoms with E-state index in [1.807, 2.05) is 0 Å². The van der Waals surface area contributed by atoms with E-state index in [0.29, 0.717) is 0 Å². The number of nitrogens with zero attached hydrogens (tertiary/aromatic N) is 2. The third-order valence-electron chi connectivity index (χ3n) is 4.19. The van der Waals surface area contributed by atoms with Crippen molar-refractivity contribution < 1.29 is 27.9 Å². The number of hydrogen-bond donors (Lipinski definition) is 2. The highest BCUT2D eigenvalue weighted by Crippen LogP contribution is 2.34. The quantitative estimate of drug-likeness (QED) is 0.802. The second kappa shape index (κ2) is 6.90. The van der Waals surface area contributed by atoms with Gasteiger partial charge in [-0.3, -0.25) is 14.5 Å². The van der Waals surface area contributed by atoms with Crippen molar-refractivity contribution in [3.05, 3.63) is 47.7 Å². The number of carbonyl (C=O) groups excluding carboxylic acids is 2. The molecule has 3 rings (SSSR count). The molecule has 0 spiro atoms. The van der Waals surface area contributed by atoms with Gasteiger partial charge in [0.05, 0.1) is 11.3 Å². The maximum atomic E-state index is 13.1. The van der Waals surface area contributed by atoms with Crippen molar-refractivity contribution in [2.24, 2.45) is 0 Å². The number of aromatic hydroxyl groups is 1. The molecule has 9 heteroatoms. The van der Waals surface area contributed by atoms with Gasteiger partial charge in [0.1, 0.15) is 17.6 Å². The summed E-state index contributed by atoms with van der Waals surface area (Å²) >= 11 is 0. The lowest BCUT2D eigenvalue weighted by Gasteiger charge is -2.24. The van der Waals surface area contributed by atoms with Crippen LogP contribution in [-0.4, -0.2) is 27.9 Å². The van der Waals surface area contributed by atoms with Crippen LogP contribution in [0.15, 0.2) is 36.4 Å². The minimum Gasteiger partial charge on any atom is -0.506 e. The average molecular weight is 379 g/mol. The number of para-hydroxylation sites is 2. The number of carbonyl (C=O) groups is 2. The average Bonchev–Trinajstić information content (AvgIpc) is 2.97. The van der Waals surface area contributed by atoms with E-state index >= 15 is 0 Å². The Kier molecular flexibility index (Phi) is 4.77. The Hall–Kier alpha value is -3.10. The molecule has 2 N–H and O–H groups in total. The van der Waals surface area contributed by atoms with Crippen LogP contribution in [0.1, 0.15) is 24.1 Å². The Balaban J connectivity index is 1.92. The number of halogens is 3. The van der Waals surface area contributed by atoms with Gasteiger partial charge in [-0.1, -0.05) is 12.1 Å². The number of anilines is 2. The van der Waals surface area contributed by atoms with Crippen LogP contribution in [-0.2, 0) is 15.8 Å². The van der Waals surface area contributed by atoms with Crippen molar-refractivity contribution in [1.29, 1.82) is 0 Å². The Labute approximate surface area is 152 Å². The van der Waals surface area contributed by atoms with Crippen LogP contribution >= 0.6 is 0 Å². The molecule has 2 heterocycles. The van der Waals surface area contributed by atoms with Crippen LogP contribution in [0.2, 0.25) is 0 Å². The monoisotopic (exact) mass is 379 g/mol. The van der Waals surface area contributed by atoms with Gasteiger partial charge >= 0.3 is 6.18 Å². The molecule has 0 radical (unpaired) electrons. The maximum Gasteiger partial charge on any atom is 0.416 e. The summed E-state index contributed by atoms with van der Waals surface area (Å²) in [4.78, 5) is 29.8. The fraction of sp³-hybridized carbons (Fsp3) is 0.278. The van der Waals surface area contributed by atoms with E-state index in [4.69, 9.17) is 0 Å². The third-order valence-corrected chi connectivity index (χ3v) is 4.19. The van der Waals surface area contributed by atoms with E-state index in [9.17, 15) is 27.9 Å². The van der Waals surface area contributed by atoms with E-state index in [2.05, 4.69) is 10.3 Å². The normalized spacial score (nSPS) is 17.3. The summed E-state index contributed by atoms with van der Waals surface area (Å²) in [6.45, 7) is 1.39. The number of phenolic OH excluding ortho intramolecular Hbond substituents is 1. The van der Waals surface area contributed by atoms with Gasteiger partial charge in [0, 0.05) is 12.1 Å². The lowest BCUT2D eigenvalue weighted by Crippen LogP contribution is -2.42. The van der Waals surface area contributed by atoms with Crippen LogP contribution in [0.4, 0.5) is 24.7 Å². The number of benzene rings is 1. The molecule has 1 unspecified atom stereocenters. The zero-order chi connectivity index (χ0) is 19.8. The zero-order valence-electron chi connectivity index (χ0n) is 14.2. The minimum absolute atomic E-state index is 0.00975. The summed E-state index contributed by atoms with van der Waals surface area (Å²) in [6.07, 6.45) is -4.45. The maximum absolute atomic E-state index is 13.1. The van der Waals surface area contributed by atoms with Crippen molar-refractivity contribution in [3.63, 3.8) is 0 Å². The van der Waals surface area contributed by atoms with E-state index in [-0.39, 0.29) is 35.8 Å². The van der Waals surface area contributed by atoms with Gasteiger partial charge in [0.25, 0.3) is 0 Å². The Bertz CT molecular complexity index is 899. The summed E-state index contributed by atoms with van der Waals surface area (Å²) in [5.41, 5.74) is -0.709. The molecule has 0 bridgehead atoms. The molecule has 27 heavy (non-hydrogen) atoms. The molecule has 1 aromatic heterocycles. The van der Waals surface area contributed by atoms with Gasteiger partial charge < -0.3 is 10.4 Å². The third kappa shape index (κ3) is 3.86. The number of aromatic nitrogens is 1. The molecule has 2 amide bonds. The SMILES string of the molecule is Cc1cc(C(F)(F)F)cc(N2C(=O)CCC2C(=O)Nc2ccccc2O)n1. The van der Waals surface area contributed by atoms with Crippen molar-refractivity contribution in [1.82, 2.24) is 4.98 Å². The van der Waals surface area contributed by atoms with Crippen molar-refractivity contribution >= 4 is 23.3 Å². The first-order valence-corrected chi connectivity index (χ1v) is 8.13. The molecule has 6 nitrogen and oxygen atoms in total. The molecule has 1 aliphatic rings. The summed E-state index contributed by atoms with van der Waals surface area (Å²) in [5, 5.41) is 12.3. The Morgan fingerprint density at radius 2 is 2.00 bits per heavy atom. The number of hydrogen-bond acceptors (Lipinski definition) is 4. The van der Waals surface area contributed by atoms with Crippen molar-refractivity contribution in [3.8, 4) is 5.75 Å². The highest BCUT2D eigenvalue weighted by molar-refractivity contribution is 6.07. The highest BCUT2D eigenvalue weighted by atomic mass is 19.4. The number of rotatable bonds is 3. The van der Waals surface area contributed by atoms with Crippen LogP contribution in [0.5, 0.6) is 5.75 Å². The van der Waals surface area contributed by atoms with E-state index in [0.717, 1.165) is 17.0 Å². The number of aryl methyl sites for hydroxylation is 1. The highest BCUT2D eigenvalue weighted by Gasteiger charge is 2.40. The largest absolute Gasteiger partial charge is 0.506 e. The van der Waals surface area contributed by atoms with Crippen LogP contribution < -0.4 is 10.2 Å². The first kappa shape index (κ1) is 18.7. The molecule has 1 aromatic carbocycles. The van der Waals surface area contributed by atoms with Gasteiger partial charge in [-0.05, 0) is 37.6 Å². The number of pyridine rings is 1. The molecule has 0 saturated carbocycles. The standard InChI is InChI=1S/C18H16F3N3O3/c1-10-8-11(18(19,20)21)9-15(22-10)24-13(6-7-16(24)26)17(27)23-12-4-2-3-5-14(12)25/h2-5,8-9,13,25H,6-7H2,1H3,(H,23,27). The Morgan fingerprint density at radius 3 is 2.67 bits per heavy atom. The molecular formula is C18H16F3N3O3. The van der Waals surface area contributed by atoms with Gasteiger partial charge in [0.2, 0.25) is 11.8 Å². The van der Waals surface area contributed by atoms with E-state index in [1.165, 1.54) is 19.1 Å². The van der Waals surface area contributed by atoms with Crippen LogP contribution in [0, 0.1) is 6.92 Å². The smallest absolute Gasteiger partial charge is 0.416 e. The lowest BCUT2D eigenvalue weighted by molar-refractivity contribution is -0.137. The number of phenols is 1. The second-order valence-electron chi connectivity index (χ2n) is 6.18. The second-order valence-corrected chi connectivity index (χ2v) is 6.18. The van der Waals surface area contributed by atoms with Crippen molar-refractivity contribution in [2.75, 3.05) is 10.2 Å². The molecular weight excluding hydrogens is 363 g/mol. The molecule has 2 aromatic rings. The predicted octanol–water partition coefficient (Wildman–Crippen LogP) is 3.25. The molecule has 142 valence electrons. The molecule has 1 atom stereocenters.